The van der Waals surface area contributed by atoms with Crippen molar-refractivity contribution in [2.45, 2.75) is 20.0 Å². The summed E-state index contributed by atoms with van der Waals surface area (Å²) in [6, 6.07) is 3.92. The van der Waals surface area contributed by atoms with Crippen LogP contribution in [0.2, 0.25) is 0 Å². The standard InChI is InChI=1S/C13H16FN5O2/c1-2-21-12-5-9(14)3-4-11(12)16-13(20)8-19-7-10(6-15)17-18-19/h3-5,7H,2,6,8,15H2,1H3,(H,16,20). The van der Waals surface area contributed by atoms with E-state index < -0.39 is 5.82 Å². The number of nitrogens with zero attached hydrogens (tertiary/aromatic N) is 3. The molecule has 2 aromatic rings. The van der Waals surface area contributed by atoms with Gasteiger partial charge in [-0.3, -0.25) is 4.79 Å². The van der Waals surface area contributed by atoms with Crippen molar-refractivity contribution < 1.29 is 13.9 Å². The summed E-state index contributed by atoms with van der Waals surface area (Å²) in [5.41, 5.74) is 6.42. The van der Waals surface area contributed by atoms with E-state index in [0.29, 0.717) is 18.0 Å². The van der Waals surface area contributed by atoms with E-state index >= 15 is 0 Å². The summed E-state index contributed by atoms with van der Waals surface area (Å²) in [7, 11) is 0. The fourth-order valence-corrected chi connectivity index (χ4v) is 1.72. The molecular formula is C13H16FN5O2. The van der Waals surface area contributed by atoms with Crippen molar-refractivity contribution in [3.05, 3.63) is 35.9 Å². The Hall–Kier alpha value is -2.48. The van der Waals surface area contributed by atoms with Crippen molar-refractivity contribution in [2.24, 2.45) is 5.73 Å². The molecule has 0 fully saturated rings. The number of ether oxygens (including phenoxy) is 1. The van der Waals surface area contributed by atoms with Crippen molar-refractivity contribution in [1.29, 1.82) is 0 Å². The van der Waals surface area contributed by atoms with E-state index in [1.54, 1.807) is 13.1 Å². The molecule has 7 nitrogen and oxygen atoms in total. The molecule has 112 valence electrons. The van der Waals surface area contributed by atoms with E-state index in [2.05, 4.69) is 15.6 Å². The first kappa shape index (κ1) is 14.9. The highest BCUT2D eigenvalue weighted by Gasteiger charge is 2.10. The maximum absolute atomic E-state index is 13.2. The zero-order chi connectivity index (χ0) is 15.2. The Morgan fingerprint density at radius 2 is 2.33 bits per heavy atom. The van der Waals surface area contributed by atoms with Gasteiger partial charge in [0, 0.05) is 12.6 Å². The predicted octanol–water partition coefficient (Wildman–Crippen LogP) is 0.913. The third-order valence-corrected chi connectivity index (χ3v) is 2.62. The lowest BCUT2D eigenvalue weighted by Gasteiger charge is -2.11. The summed E-state index contributed by atoms with van der Waals surface area (Å²) in [6.07, 6.45) is 1.59. The summed E-state index contributed by atoms with van der Waals surface area (Å²) in [5.74, 6) is -0.469. The van der Waals surface area contributed by atoms with Crippen LogP contribution in [0.4, 0.5) is 10.1 Å². The van der Waals surface area contributed by atoms with Crippen LogP contribution < -0.4 is 15.8 Å². The van der Waals surface area contributed by atoms with E-state index in [-0.39, 0.29) is 24.7 Å². The van der Waals surface area contributed by atoms with E-state index in [1.807, 2.05) is 0 Å². The van der Waals surface area contributed by atoms with Gasteiger partial charge in [-0.2, -0.15) is 0 Å². The largest absolute Gasteiger partial charge is 0.492 e. The van der Waals surface area contributed by atoms with Gasteiger partial charge >= 0.3 is 0 Å². The zero-order valence-corrected chi connectivity index (χ0v) is 11.5. The molecule has 0 radical (unpaired) electrons. The molecule has 3 N–H and O–H groups in total. The maximum atomic E-state index is 13.2. The van der Waals surface area contributed by atoms with Gasteiger partial charge in [-0.1, -0.05) is 5.21 Å². The Morgan fingerprint density at radius 3 is 3.00 bits per heavy atom. The fraction of sp³-hybridized carbons (Fsp3) is 0.308. The first-order valence-corrected chi connectivity index (χ1v) is 6.43. The number of carbonyl (C=O) groups is 1. The van der Waals surface area contributed by atoms with Gasteiger partial charge in [0.1, 0.15) is 18.1 Å². The van der Waals surface area contributed by atoms with Crippen molar-refractivity contribution in [2.75, 3.05) is 11.9 Å². The van der Waals surface area contributed by atoms with Crippen LogP contribution in [0.3, 0.4) is 0 Å². The van der Waals surface area contributed by atoms with Gasteiger partial charge in [0.05, 0.1) is 24.2 Å². The molecule has 0 aliphatic carbocycles. The molecule has 0 aliphatic rings. The predicted molar refractivity (Wildman–Crippen MR) is 74.1 cm³/mol. The monoisotopic (exact) mass is 293 g/mol. The van der Waals surface area contributed by atoms with Crippen molar-refractivity contribution in [3.8, 4) is 5.75 Å². The summed E-state index contributed by atoms with van der Waals surface area (Å²) in [4.78, 5) is 11.9. The van der Waals surface area contributed by atoms with Crippen LogP contribution in [0, 0.1) is 5.82 Å². The first-order chi connectivity index (χ1) is 10.1. The van der Waals surface area contributed by atoms with E-state index in [1.165, 1.54) is 22.9 Å². The number of hydrogen-bond acceptors (Lipinski definition) is 5. The molecule has 1 aromatic heterocycles. The Morgan fingerprint density at radius 1 is 1.52 bits per heavy atom. The van der Waals surface area contributed by atoms with Gasteiger partial charge in [0.2, 0.25) is 5.91 Å². The number of anilines is 1. The second kappa shape index (κ2) is 6.80. The normalized spacial score (nSPS) is 10.4. The molecule has 2 rings (SSSR count). The average molecular weight is 293 g/mol. The Kier molecular flexibility index (Phi) is 4.83. The minimum atomic E-state index is -0.430. The number of benzene rings is 1. The van der Waals surface area contributed by atoms with Crippen LogP contribution in [0.5, 0.6) is 5.75 Å². The number of aromatic nitrogens is 3. The highest BCUT2D eigenvalue weighted by Crippen LogP contribution is 2.25. The molecule has 0 atom stereocenters. The second-order valence-electron chi connectivity index (χ2n) is 4.23. The van der Waals surface area contributed by atoms with Crippen LogP contribution >= 0.6 is 0 Å². The molecule has 0 saturated heterocycles. The third-order valence-electron chi connectivity index (χ3n) is 2.62. The van der Waals surface area contributed by atoms with Crippen molar-refractivity contribution >= 4 is 11.6 Å². The Balaban J connectivity index is 2.05. The number of hydrogen-bond donors (Lipinski definition) is 2. The van der Waals surface area contributed by atoms with Gasteiger partial charge < -0.3 is 15.8 Å². The van der Waals surface area contributed by atoms with Gasteiger partial charge in [0.15, 0.2) is 0 Å². The van der Waals surface area contributed by atoms with Crippen LogP contribution in [-0.2, 0) is 17.9 Å². The first-order valence-electron chi connectivity index (χ1n) is 6.43. The van der Waals surface area contributed by atoms with Crippen LogP contribution in [0.25, 0.3) is 0 Å². The fourth-order valence-electron chi connectivity index (χ4n) is 1.72. The summed E-state index contributed by atoms with van der Waals surface area (Å²) in [6.45, 7) is 2.39. The second-order valence-corrected chi connectivity index (χ2v) is 4.23. The van der Waals surface area contributed by atoms with Gasteiger partial charge in [0.25, 0.3) is 0 Å². The zero-order valence-electron chi connectivity index (χ0n) is 11.5. The molecule has 1 aromatic carbocycles. The topological polar surface area (TPSA) is 95.1 Å². The Bertz CT molecular complexity index is 629. The molecule has 0 spiro atoms. The summed E-state index contributed by atoms with van der Waals surface area (Å²) >= 11 is 0. The molecule has 1 amide bonds. The number of nitrogens with one attached hydrogen (secondary N) is 1. The van der Waals surface area contributed by atoms with Crippen molar-refractivity contribution in [3.63, 3.8) is 0 Å². The van der Waals surface area contributed by atoms with Crippen molar-refractivity contribution in [1.82, 2.24) is 15.0 Å². The molecule has 0 unspecified atom stereocenters. The minimum absolute atomic E-state index is 0.0179. The molecular weight excluding hydrogens is 277 g/mol. The van der Waals surface area contributed by atoms with E-state index in [4.69, 9.17) is 10.5 Å². The quantitative estimate of drug-likeness (QED) is 0.825. The highest BCUT2D eigenvalue weighted by molar-refractivity contribution is 5.92. The smallest absolute Gasteiger partial charge is 0.246 e. The number of amides is 1. The SMILES string of the molecule is CCOc1cc(F)ccc1NC(=O)Cn1cc(CN)nn1. The lowest BCUT2D eigenvalue weighted by atomic mass is 10.2. The maximum Gasteiger partial charge on any atom is 0.246 e. The molecule has 0 aliphatic heterocycles. The Labute approximate surface area is 120 Å². The number of carbonyl (C=O) groups excluding carboxylic acids is 1. The minimum Gasteiger partial charge on any atom is -0.492 e. The van der Waals surface area contributed by atoms with Gasteiger partial charge in [-0.15, -0.1) is 5.10 Å². The lowest BCUT2D eigenvalue weighted by molar-refractivity contribution is -0.116. The molecule has 0 saturated carbocycles. The molecule has 8 heteroatoms. The molecule has 0 bridgehead atoms. The summed E-state index contributed by atoms with van der Waals surface area (Å²) < 4.78 is 19.8. The molecule has 21 heavy (non-hydrogen) atoms. The lowest BCUT2D eigenvalue weighted by Crippen LogP contribution is -2.19. The van der Waals surface area contributed by atoms with Crippen LogP contribution in [0.1, 0.15) is 12.6 Å². The highest BCUT2D eigenvalue weighted by atomic mass is 19.1. The summed E-state index contributed by atoms with van der Waals surface area (Å²) in [5, 5.41) is 10.2. The van der Waals surface area contributed by atoms with Gasteiger partial charge in [-0.05, 0) is 19.1 Å². The number of nitrogens with two attached hydrogens (primary N) is 1. The molecule has 1 heterocycles. The average Bonchev–Trinajstić information content (AvgIpc) is 2.89. The van der Waals surface area contributed by atoms with E-state index in [9.17, 15) is 9.18 Å². The van der Waals surface area contributed by atoms with E-state index in [0.717, 1.165) is 0 Å². The van der Waals surface area contributed by atoms with Gasteiger partial charge in [-0.25, -0.2) is 9.07 Å². The van der Waals surface area contributed by atoms with Crippen LogP contribution in [-0.4, -0.2) is 27.5 Å². The third kappa shape index (κ3) is 3.99. The number of halogens is 1. The van der Waals surface area contributed by atoms with Crippen LogP contribution in [0.15, 0.2) is 24.4 Å². The number of rotatable bonds is 6.